The molecular formula is C14H15NO3. The third-order valence-electron chi connectivity index (χ3n) is 2.54. The summed E-state index contributed by atoms with van der Waals surface area (Å²) in [5.74, 6) is 1.61. The molecule has 1 aromatic heterocycles. The van der Waals surface area contributed by atoms with Crippen LogP contribution in [0.1, 0.15) is 0 Å². The highest BCUT2D eigenvalue weighted by atomic mass is 16.5. The zero-order valence-electron chi connectivity index (χ0n) is 10.2. The van der Waals surface area contributed by atoms with Crippen LogP contribution in [-0.2, 0) is 6.54 Å². The first kappa shape index (κ1) is 12.2. The number of hydrogen-bond acceptors (Lipinski definition) is 3. The molecule has 0 atom stereocenters. The van der Waals surface area contributed by atoms with E-state index in [1.165, 1.54) is 12.1 Å². The van der Waals surface area contributed by atoms with Gasteiger partial charge in [0.25, 0.3) is 0 Å². The second kappa shape index (κ2) is 5.91. The quantitative estimate of drug-likeness (QED) is 0.808. The monoisotopic (exact) mass is 245 g/mol. The lowest BCUT2D eigenvalue weighted by molar-refractivity contribution is 0.297. The van der Waals surface area contributed by atoms with Crippen molar-refractivity contribution < 1.29 is 9.47 Å². The van der Waals surface area contributed by atoms with Crippen molar-refractivity contribution >= 4 is 0 Å². The van der Waals surface area contributed by atoms with Gasteiger partial charge in [-0.2, -0.15) is 0 Å². The zero-order chi connectivity index (χ0) is 12.8. The van der Waals surface area contributed by atoms with Crippen LogP contribution >= 0.6 is 0 Å². The highest BCUT2D eigenvalue weighted by Gasteiger charge is 1.95. The summed E-state index contributed by atoms with van der Waals surface area (Å²) >= 11 is 0. The van der Waals surface area contributed by atoms with Gasteiger partial charge < -0.3 is 14.0 Å². The van der Waals surface area contributed by atoms with Crippen LogP contribution in [0.5, 0.6) is 11.5 Å². The number of aromatic nitrogens is 1. The third kappa shape index (κ3) is 3.38. The normalized spacial score (nSPS) is 10.1. The maximum atomic E-state index is 10.9. The van der Waals surface area contributed by atoms with E-state index in [2.05, 4.69) is 0 Å². The molecule has 0 aliphatic heterocycles. The van der Waals surface area contributed by atoms with E-state index in [0.717, 1.165) is 11.5 Å². The summed E-state index contributed by atoms with van der Waals surface area (Å²) in [4.78, 5) is 10.9. The van der Waals surface area contributed by atoms with E-state index in [9.17, 15) is 4.79 Å². The second-order valence-electron chi connectivity index (χ2n) is 3.80. The number of ether oxygens (including phenoxy) is 2. The van der Waals surface area contributed by atoms with E-state index in [-0.39, 0.29) is 5.43 Å². The van der Waals surface area contributed by atoms with Crippen LogP contribution in [0.2, 0.25) is 0 Å². The summed E-state index contributed by atoms with van der Waals surface area (Å²) in [6.07, 6.45) is 3.50. The molecule has 0 aliphatic carbocycles. The van der Waals surface area contributed by atoms with Crippen LogP contribution in [0, 0.1) is 0 Å². The first-order valence-electron chi connectivity index (χ1n) is 5.71. The van der Waals surface area contributed by atoms with Gasteiger partial charge in [0.05, 0.1) is 13.7 Å². The fraction of sp³-hybridized carbons (Fsp3) is 0.214. The largest absolute Gasteiger partial charge is 0.497 e. The van der Waals surface area contributed by atoms with Gasteiger partial charge in [-0.15, -0.1) is 0 Å². The second-order valence-corrected chi connectivity index (χ2v) is 3.80. The molecule has 0 unspecified atom stereocenters. The van der Waals surface area contributed by atoms with E-state index in [1.54, 1.807) is 19.5 Å². The van der Waals surface area contributed by atoms with Gasteiger partial charge in [0.2, 0.25) is 0 Å². The summed E-state index contributed by atoms with van der Waals surface area (Å²) in [6.45, 7) is 1.25. The lowest BCUT2D eigenvalue weighted by atomic mass is 10.3. The zero-order valence-corrected chi connectivity index (χ0v) is 10.2. The SMILES string of the molecule is COc1ccc(OCCn2ccc(=O)cc2)cc1. The summed E-state index contributed by atoms with van der Waals surface area (Å²) in [5.41, 5.74) is 0.0160. The Morgan fingerprint density at radius 1 is 1.00 bits per heavy atom. The van der Waals surface area contributed by atoms with E-state index >= 15 is 0 Å². The van der Waals surface area contributed by atoms with Gasteiger partial charge in [0, 0.05) is 24.5 Å². The van der Waals surface area contributed by atoms with Gasteiger partial charge in [0.1, 0.15) is 18.1 Å². The van der Waals surface area contributed by atoms with Crippen molar-refractivity contribution in [2.24, 2.45) is 0 Å². The summed E-state index contributed by atoms with van der Waals surface area (Å²) < 4.78 is 12.6. The topological polar surface area (TPSA) is 40.5 Å². The van der Waals surface area contributed by atoms with Crippen LogP contribution < -0.4 is 14.9 Å². The average molecular weight is 245 g/mol. The molecule has 0 saturated heterocycles. The molecule has 2 rings (SSSR count). The Balaban J connectivity index is 1.84. The molecule has 0 aliphatic rings. The highest BCUT2D eigenvalue weighted by molar-refractivity contribution is 5.31. The van der Waals surface area contributed by atoms with Crippen LogP contribution in [0.25, 0.3) is 0 Å². The molecule has 0 bridgehead atoms. The number of hydrogen-bond donors (Lipinski definition) is 0. The first-order chi connectivity index (χ1) is 8.78. The van der Waals surface area contributed by atoms with Crippen LogP contribution in [-0.4, -0.2) is 18.3 Å². The fourth-order valence-corrected chi connectivity index (χ4v) is 1.53. The molecule has 0 amide bonds. The first-order valence-corrected chi connectivity index (χ1v) is 5.71. The predicted octanol–water partition coefficient (Wildman–Crippen LogP) is 1.94. The Bertz CT molecular complexity index is 525. The minimum Gasteiger partial charge on any atom is -0.497 e. The molecule has 4 nitrogen and oxygen atoms in total. The molecule has 0 spiro atoms. The maximum absolute atomic E-state index is 10.9. The average Bonchev–Trinajstić information content (AvgIpc) is 2.42. The lowest BCUT2D eigenvalue weighted by Gasteiger charge is -2.08. The van der Waals surface area contributed by atoms with Gasteiger partial charge in [-0.05, 0) is 24.3 Å². The minimum atomic E-state index is 0.0160. The Hall–Kier alpha value is -2.23. The molecule has 0 saturated carbocycles. The molecular weight excluding hydrogens is 230 g/mol. The molecule has 4 heteroatoms. The van der Waals surface area contributed by atoms with Crippen molar-refractivity contribution in [1.29, 1.82) is 0 Å². The van der Waals surface area contributed by atoms with Gasteiger partial charge >= 0.3 is 0 Å². The Morgan fingerprint density at radius 2 is 1.61 bits per heavy atom. The van der Waals surface area contributed by atoms with Gasteiger partial charge in [-0.25, -0.2) is 0 Å². The van der Waals surface area contributed by atoms with Crippen molar-refractivity contribution in [2.45, 2.75) is 6.54 Å². The van der Waals surface area contributed by atoms with Crippen LogP contribution in [0.15, 0.2) is 53.6 Å². The Kier molecular flexibility index (Phi) is 4.02. The maximum Gasteiger partial charge on any atom is 0.181 e. The van der Waals surface area contributed by atoms with Crippen LogP contribution in [0.4, 0.5) is 0 Å². The highest BCUT2D eigenvalue weighted by Crippen LogP contribution is 2.16. The number of methoxy groups -OCH3 is 1. The van der Waals surface area contributed by atoms with Gasteiger partial charge in [-0.1, -0.05) is 0 Å². The standard InChI is InChI=1S/C14H15NO3/c1-17-13-2-4-14(5-3-13)18-11-10-15-8-6-12(16)7-9-15/h2-9H,10-11H2,1H3. The van der Waals surface area contributed by atoms with E-state index in [0.29, 0.717) is 13.2 Å². The van der Waals surface area contributed by atoms with Crippen molar-refractivity contribution in [1.82, 2.24) is 4.57 Å². The summed E-state index contributed by atoms with van der Waals surface area (Å²) in [5, 5.41) is 0. The summed E-state index contributed by atoms with van der Waals surface area (Å²) in [6, 6.07) is 10.5. The smallest absolute Gasteiger partial charge is 0.181 e. The van der Waals surface area contributed by atoms with E-state index < -0.39 is 0 Å². The molecule has 0 N–H and O–H groups in total. The molecule has 18 heavy (non-hydrogen) atoms. The van der Waals surface area contributed by atoms with Gasteiger partial charge in [-0.3, -0.25) is 4.79 Å². The molecule has 1 heterocycles. The van der Waals surface area contributed by atoms with Crippen molar-refractivity contribution in [3.63, 3.8) is 0 Å². The summed E-state index contributed by atoms with van der Waals surface area (Å²) in [7, 11) is 1.63. The number of nitrogens with zero attached hydrogens (tertiary/aromatic N) is 1. The third-order valence-corrected chi connectivity index (χ3v) is 2.54. The van der Waals surface area contributed by atoms with E-state index in [1.807, 2.05) is 28.8 Å². The molecule has 94 valence electrons. The fourth-order valence-electron chi connectivity index (χ4n) is 1.53. The van der Waals surface area contributed by atoms with Crippen molar-refractivity contribution in [3.8, 4) is 11.5 Å². The van der Waals surface area contributed by atoms with Gasteiger partial charge in [0.15, 0.2) is 5.43 Å². The van der Waals surface area contributed by atoms with Crippen molar-refractivity contribution in [3.05, 3.63) is 59.0 Å². The number of benzene rings is 1. The predicted molar refractivity (Wildman–Crippen MR) is 69.2 cm³/mol. The van der Waals surface area contributed by atoms with Crippen molar-refractivity contribution in [2.75, 3.05) is 13.7 Å². The molecule has 2 aromatic rings. The molecule has 0 fully saturated rings. The van der Waals surface area contributed by atoms with E-state index in [4.69, 9.17) is 9.47 Å². The molecule has 1 aromatic carbocycles. The molecule has 0 radical (unpaired) electrons. The van der Waals surface area contributed by atoms with Crippen LogP contribution in [0.3, 0.4) is 0 Å². The Labute approximate surface area is 105 Å². The lowest BCUT2D eigenvalue weighted by Crippen LogP contribution is -2.10. The number of rotatable bonds is 5. The number of pyridine rings is 1. The minimum absolute atomic E-state index is 0.0160. The Morgan fingerprint density at radius 3 is 2.22 bits per heavy atom.